The van der Waals surface area contributed by atoms with Gasteiger partial charge in [0.2, 0.25) is 4.96 Å². The third kappa shape index (κ3) is 3.83. The van der Waals surface area contributed by atoms with Gasteiger partial charge in [-0.25, -0.2) is 9.07 Å². The van der Waals surface area contributed by atoms with E-state index in [2.05, 4.69) is 15.1 Å². The molecule has 4 heterocycles. The van der Waals surface area contributed by atoms with Gasteiger partial charge in [0, 0.05) is 35.3 Å². The zero-order chi connectivity index (χ0) is 24.6. The van der Waals surface area contributed by atoms with Gasteiger partial charge in [-0.2, -0.15) is 14.6 Å². The molecule has 10 heteroatoms. The van der Waals surface area contributed by atoms with Crippen molar-refractivity contribution in [2.75, 3.05) is 7.11 Å². The number of halogens is 1. The summed E-state index contributed by atoms with van der Waals surface area (Å²) in [6.07, 6.45) is 6.85. The summed E-state index contributed by atoms with van der Waals surface area (Å²) in [6.45, 7) is 0. The second kappa shape index (κ2) is 8.82. The lowest BCUT2D eigenvalue weighted by Crippen LogP contribution is -2.23. The van der Waals surface area contributed by atoms with Crippen molar-refractivity contribution < 1.29 is 9.13 Å². The number of rotatable bonds is 5. The van der Waals surface area contributed by atoms with Gasteiger partial charge >= 0.3 is 0 Å². The van der Waals surface area contributed by atoms with Crippen molar-refractivity contribution in [2.45, 2.75) is 0 Å². The largest absolute Gasteiger partial charge is 0.494 e. The Bertz CT molecular complexity index is 1810. The summed E-state index contributed by atoms with van der Waals surface area (Å²) in [6, 6.07) is 17.8. The molecule has 2 aromatic carbocycles. The Hall–Kier alpha value is -4.70. The van der Waals surface area contributed by atoms with E-state index in [9.17, 15) is 9.18 Å². The molecule has 0 aliphatic heterocycles. The smallest absolute Gasteiger partial charge is 0.291 e. The van der Waals surface area contributed by atoms with E-state index < -0.39 is 5.82 Å². The third-order valence-corrected chi connectivity index (χ3v) is 6.54. The van der Waals surface area contributed by atoms with Crippen LogP contribution in [-0.2, 0) is 0 Å². The van der Waals surface area contributed by atoms with Crippen LogP contribution in [0.3, 0.4) is 0 Å². The van der Waals surface area contributed by atoms with E-state index in [4.69, 9.17) is 9.84 Å². The number of hydrogen-bond donors (Lipinski definition) is 0. The van der Waals surface area contributed by atoms with Crippen molar-refractivity contribution in [3.05, 3.63) is 106 Å². The van der Waals surface area contributed by atoms with Gasteiger partial charge in [-0.3, -0.25) is 9.78 Å². The highest BCUT2D eigenvalue weighted by Gasteiger charge is 2.16. The molecule has 0 aliphatic rings. The van der Waals surface area contributed by atoms with Crippen LogP contribution in [0.4, 0.5) is 4.39 Å². The second-order valence-electron chi connectivity index (χ2n) is 7.85. The molecule has 0 fully saturated rings. The molecule has 6 rings (SSSR count). The van der Waals surface area contributed by atoms with Crippen molar-refractivity contribution in [3.8, 4) is 34.1 Å². The zero-order valence-corrected chi connectivity index (χ0v) is 19.7. The molecule has 0 amide bonds. The highest BCUT2D eigenvalue weighted by molar-refractivity contribution is 7.15. The molecule has 0 spiro atoms. The number of methoxy groups -OCH3 is 1. The molecule has 0 unspecified atom stereocenters. The average Bonchev–Trinajstić information content (AvgIpc) is 3.60. The molecule has 0 saturated carbocycles. The number of para-hydroxylation sites is 1. The Balaban J connectivity index is 1.50. The third-order valence-electron chi connectivity index (χ3n) is 5.58. The van der Waals surface area contributed by atoms with Gasteiger partial charge in [0.25, 0.3) is 5.56 Å². The van der Waals surface area contributed by atoms with Gasteiger partial charge < -0.3 is 4.74 Å². The number of hydrogen-bond acceptors (Lipinski definition) is 7. The van der Waals surface area contributed by atoms with Crippen molar-refractivity contribution in [1.82, 2.24) is 29.4 Å². The molecule has 36 heavy (non-hydrogen) atoms. The van der Waals surface area contributed by atoms with Crippen LogP contribution in [0.5, 0.6) is 5.75 Å². The predicted molar refractivity (Wildman–Crippen MR) is 135 cm³/mol. The quantitative estimate of drug-likeness (QED) is 0.361. The lowest BCUT2D eigenvalue weighted by Gasteiger charge is -2.04. The standard InChI is InChI=1S/C26H17FN6O2S/c1-35-21-10-9-16(12-20(21)27)23-18(15-32(30-23)19-7-3-2-4-8-19)13-22-25(34)33-26(36-22)29-24(31-33)17-6-5-11-28-14-17/h2-15H,1H3. The molecule has 0 N–H and O–H groups in total. The number of thiazole rings is 1. The van der Waals surface area contributed by atoms with Crippen LogP contribution >= 0.6 is 11.3 Å². The Labute approximate surface area is 207 Å². The van der Waals surface area contributed by atoms with E-state index in [1.807, 2.05) is 42.6 Å². The summed E-state index contributed by atoms with van der Waals surface area (Å²) in [7, 11) is 1.41. The number of fused-ring (bicyclic) bond motifs is 1. The minimum absolute atomic E-state index is 0.142. The Morgan fingerprint density at radius 1 is 1.03 bits per heavy atom. The molecule has 6 aromatic rings. The molecule has 0 saturated heterocycles. The summed E-state index contributed by atoms with van der Waals surface area (Å²) >= 11 is 1.22. The van der Waals surface area contributed by atoms with Crippen LogP contribution in [0.1, 0.15) is 5.56 Å². The fourth-order valence-corrected chi connectivity index (χ4v) is 4.73. The molecule has 176 valence electrons. The predicted octanol–water partition coefficient (Wildman–Crippen LogP) is 3.76. The lowest BCUT2D eigenvalue weighted by atomic mass is 10.1. The van der Waals surface area contributed by atoms with Crippen LogP contribution in [0.25, 0.3) is 39.4 Å². The fourth-order valence-electron chi connectivity index (χ4n) is 3.84. The summed E-state index contributed by atoms with van der Waals surface area (Å²) < 4.78 is 23.0. The van der Waals surface area contributed by atoms with Crippen LogP contribution in [0.2, 0.25) is 0 Å². The summed E-state index contributed by atoms with van der Waals surface area (Å²) in [4.78, 5) is 22.2. The minimum Gasteiger partial charge on any atom is -0.494 e. The Morgan fingerprint density at radius 2 is 1.89 bits per heavy atom. The Morgan fingerprint density at radius 3 is 2.61 bits per heavy atom. The fraction of sp³-hybridized carbons (Fsp3) is 0.0385. The summed E-state index contributed by atoms with van der Waals surface area (Å²) in [5.41, 5.74) is 2.99. The highest BCUT2D eigenvalue weighted by atomic mass is 32.1. The first-order valence-electron chi connectivity index (χ1n) is 10.9. The monoisotopic (exact) mass is 496 g/mol. The van der Waals surface area contributed by atoms with Crippen LogP contribution in [0.15, 0.2) is 84.0 Å². The first kappa shape index (κ1) is 21.8. The van der Waals surface area contributed by atoms with Crippen molar-refractivity contribution >= 4 is 22.4 Å². The topological polar surface area (TPSA) is 87.2 Å². The molecular formula is C26H17FN6O2S. The molecular weight excluding hydrogens is 479 g/mol. The zero-order valence-electron chi connectivity index (χ0n) is 18.9. The first-order chi connectivity index (χ1) is 17.6. The first-order valence-corrected chi connectivity index (χ1v) is 11.7. The van der Waals surface area contributed by atoms with Gasteiger partial charge in [0.1, 0.15) is 5.69 Å². The lowest BCUT2D eigenvalue weighted by molar-refractivity contribution is 0.386. The van der Waals surface area contributed by atoms with E-state index in [1.165, 1.54) is 29.0 Å². The van der Waals surface area contributed by atoms with Crippen LogP contribution < -0.4 is 14.8 Å². The molecule has 0 radical (unpaired) electrons. The molecule has 0 bridgehead atoms. The van der Waals surface area contributed by atoms with Gasteiger partial charge in [-0.05, 0) is 48.5 Å². The summed E-state index contributed by atoms with van der Waals surface area (Å²) in [5, 5.41) is 9.07. The van der Waals surface area contributed by atoms with Crippen LogP contribution in [-0.4, -0.2) is 36.5 Å². The number of ether oxygens (including phenoxy) is 1. The Kier molecular flexibility index (Phi) is 5.34. The molecule has 0 aliphatic carbocycles. The molecule has 8 nitrogen and oxygen atoms in total. The van der Waals surface area contributed by atoms with Crippen molar-refractivity contribution in [2.24, 2.45) is 0 Å². The maximum atomic E-state index is 14.5. The van der Waals surface area contributed by atoms with Gasteiger partial charge in [0.15, 0.2) is 17.4 Å². The number of benzene rings is 2. The van der Waals surface area contributed by atoms with Gasteiger partial charge in [-0.1, -0.05) is 29.5 Å². The molecule has 4 aromatic heterocycles. The number of aromatic nitrogens is 6. The minimum atomic E-state index is -0.499. The van der Waals surface area contributed by atoms with Gasteiger partial charge in [0.05, 0.1) is 17.3 Å². The van der Waals surface area contributed by atoms with E-state index in [0.29, 0.717) is 32.1 Å². The molecule has 0 atom stereocenters. The van der Waals surface area contributed by atoms with E-state index in [-0.39, 0.29) is 11.3 Å². The van der Waals surface area contributed by atoms with Crippen LogP contribution in [0, 0.1) is 5.82 Å². The normalized spacial score (nSPS) is 11.9. The SMILES string of the molecule is COc1ccc(-c2nn(-c3ccccc3)cc2C=c2sc3nc(-c4cccnc4)nn3c2=O)cc1F. The maximum absolute atomic E-state index is 14.5. The van der Waals surface area contributed by atoms with E-state index in [1.54, 1.807) is 41.4 Å². The van der Waals surface area contributed by atoms with E-state index in [0.717, 1.165) is 11.3 Å². The van der Waals surface area contributed by atoms with E-state index >= 15 is 0 Å². The number of pyridine rings is 1. The van der Waals surface area contributed by atoms with Gasteiger partial charge in [-0.15, -0.1) is 5.10 Å². The van der Waals surface area contributed by atoms with Crippen molar-refractivity contribution in [1.29, 1.82) is 0 Å². The highest BCUT2D eigenvalue weighted by Crippen LogP contribution is 2.28. The summed E-state index contributed by atoms with van der Waals surface area (Å²) in [5.74, 6) is 0.0781. The second-order valence-corrected chi connectivity index (χ2v) is 8.86. The number of nitrogens with zero attached hydrogens (tertiary/aromatic N) is 6. The average molecular weight is 497 g/mol. The maximum Gasteiger partial charge on any atom is 0.291 e. The van der Waals surface area contributed by atoms with Crippen molar-refractivity contribution in [3.63, 3.8) is 0 Å².